The van der Waals surface area contributed by atoms with Crippen LogP contribution in [-0.2, 0) is 14.3 Å². The van der Waals surface area contributed by atoms with E-state index in [1.165, 1.54) is 33.9 Å². The van der Waals surface area contributed by atoms with Crippen molar-refractivity contribution in [2.75, 3.05) is 44.3 Å². The summed E-state index contributed by atoms with van der Waals surface area (Å²) in [5.74, 6) is -2.19. The van der Waals surface area contributed by atoms with Crippen molar-refractivity contribution in [2.24, 2.45) is 0 Å². The molecule has 0 saturated carbocycles. The number of ether oxygens (including phenoxy) is 1. The fourth-order valence-electron chi connectivity index (χ4n) is 4.15. The number of rotatable bonds is 10. The Bertz CT molecular complexity index is 1360. The van der Waals surface area contributed by atoms with Crippen LogP contribution in [0, 0.1) is 0 Å². The number of carbonyl (C=O) groups is 3. The minimum absolute atomic E-state index is 0.204. The highest BCUT2D eigenvalue weighted by Gasteiger charge is 2.30. The van der Waals surface area contributed by atoms with E-state index in [0.29, 0.717) is 49.4 Å². The number of anilines is 1. The van der Waals surface area contributed by atoms with E-state index < -0.39 is 30.2 Å². The summed E-state index contributed by atoms with van der Waals surface area (Å²) in [7, 11) is 0. The van der Waals surface area contributed by atoms with E-state index in [9.17, 15) is 24.3 Å². The van der Waals surface area contributed by atoms with Crippen molar-refractivity contribution in [3.63, 3.8) is 0 Å². The van der Waals surface area contributed by atoms with Crippen LogP contribution in [0.4, 0.5) is 5.82 Å². The minimum atomic E-state index is -1.35. The smallest absolute Gasteiger partial charge is 0.305 e. The second-order valence-corrected chi connectivity index (χ2v) is 9.29. The largest absolute Gasteiger partial charge is 0.481 e. The van der Waals surface area contributed by atoms with E-state index in [1.807, 2.05) is 0 Å². The number of nitrogens with zero attached hydrogens (tertiary/aromatic N) is 4. The number of carboxylic acid groups (broad SMARTS) is 1. The number of aromatic nitrogens is 2. The van der Waals surface area contributed by atoms with Gasteiger partial charge in [-0.3, -0.25) is 33.5 Å². The van der Waals surface area contributed by atoms with Crippen LogP contribution in [0.2, 0.25) is 5.02 Å². The van der Waals surface area contributed by atoms with Gasteiger partial charge in [-0.25, -0.2) is 4.98 Å². The molecule has 0 aliphatic carbocycles. The van der Waals surface area contributed by atoms with Gasteiger partial charge in [-0.05, 0) is 42.5 Å². The highest BCUT2D eigenvalue weighted by Crippen LogP contribution is 2.17. The number of morpholine rings is 1. The van der Waals surface area contributed by atoms with Crippen LogP contribution < -0.4 is 15.8 Å². The van der Waals surface area contributed by atoms with Crippen LogP contribution in [0.1, 0.15) is 16.8 Å². The lowest BCUT2D eigenvalue weighted by Gasteiger charge is -2.31. The van der Waals surface area contributed by atoms with Gasteiger partial charge in [0.1, 0.15) is 11.9 Å². The minimum Gasteiger partial charge on any atom is -0.481 e. The van der Waals surface area contributed by atoms with E-state index in [0.717, 1.165) is 0 Å². The average molecular weight is 554 g/mol. The molecular weight excluding hydrogens is 526 g/mol. The van der Waals surface area contributed by atoms with Crippen LogP contribution in [0.15, 0.2) is 71.8 Å². The van der Waals surface area contributed by atoms with Crippen LogP contribution >= 0.6 is 11.6 Å². The molecule has 0 unspecified atom stereocenters. The number of benzene rings is 1. The van der Waals surface area contributed by atoms with Crippen molar-refractivity contribution in [3.05, 3.63) is 87.9 Å². The molecule has 0 radical (unpaired) electrons. The fraction of sp³-hybridized carbons (Fsp3) is 0.296. The zero-order valence-electron chi connectivity index (χ0n) is 21.0. The van der Waals surface area contributed by atoms with Gasteiger partial charge >= 0.3 is 5.97 Å². The van der Waals surface area contributed by atoms with E-state index >= 15 is 0 Å². The third kappa shape index (κ3) is 7.50. The number of hydrogen-bond donors (Lipinski definition) is 2. The summed E-state index contributed by atoms with van der Waals surface area (Å²) >= 11 is 5.98. The summed E-state index contributed by atoms with van der Waals surface area (Å²) in [6.07, 6.45) is 2.38. The molecule has 11 nitrogen and oxygen atoms in total. The first-order chi connectivity index (χ1) is 18.8. The Labute approximate surface area is 229 Å². The molecule has 2 N–H and O–H groups in total. The normalized spacial score (nSPS) is 14.4. The van der Waals surface area contributed by atoms with Gasteiger partial charge < -0.3 is 15.2 Å². The van der Waals surface area contributed by atoms with Gasteiger partial charge in [-0.1, -0.05) is 17.7 Å². The van der Waals surface area contributed by atoms with Crippen LogP contribution in [0.25, 0.3) is 5.69 Å². The Kier molecular flexibility index (Phi) is 9.42. The lowest BCUT2D eigenvalue weighted by atomic mass is 10.1. The second kappa shape index (κ2) is 13.1. The molecule has 3 heterocycles. The SMILES string of the molecule is O=C(O)C[C@H](NC(=O)c1ccc(-n2ccccc2=O)cc1)C(=O)N(CCN1CCOCC1)c1ccc(Cl)cn1. The van der Waals surface area contributed by atoms with Gasteiger partial charge in [0.2, 0.25) is 0 Å². The van der Waals surface area contributed by atoms with Crippen molar-refractivity contribution in [2.45, 2.75) is 12.5 Å². The molecule has 1 saturated heterocycles. The maximum atomic E-state index is 13.7. The third-order valence-corrected chi connectivity index (χ3v) is 6.43. The van der Waals surface area contributed by atoms with Gasteiger partial charge in [-0.2, -0.15) is 0 Å². The summed E-state index contributed by atoms with van der Waals surface area (Å²) in [4.78, 5) is 58.2. The number of carboxylic acids is 1. The maximum absolute atomic E-state index is 13.7. The van der Waals surface area contributed by atoms with E-state index in [1.54, 1.807) is 42.6 Å². The molecule has 1 aliphatic heterocycles. The molecule has 1 aromatic carbocycles. The van der Waals surface area contributed by atoms with E-state index in [2.05, 4.69) is 15.2 Å². The van der Waals surface area contributed by atoms with E-state index in [4.69, 9.17) is 16.3 Å². The summed E-state index contributed by atoms with van der Waals surface area (Å²) in [6.45, 7) is 3.31. The second-order valence-electron chi connectivity index (χ2n) is 8.86. The van der Waals surface area contributed by atoms with Gasteiger partial charge in [0.25, 0.3) is 17.4 Å². The summed E-state index contributed by atoms with van der Waals surface area (Å²) in [5.41, 5.74) is 0.531. The average Bonchev–Trinajstić information content (AvgIpc) is 2.94. The van der Waals surface area contributed by atoms with Crippen molar-refractivity contribution >= 4 is 35.2 Å². The van der Waals surface area contributed by atoms with Gasteiger partial charge in [0, 0.05) is 55.9 Å². The number of carbonyl (C=O) groups excluding carboxylic acids is 2. The topological polar surface area (TPSA) is 134 Å². The highest BCUT2D eigenvalue weighted by atomic mass is 35.5. The van der Waals surface area contributed by atoms with Crippen molar-refractivity contribution in [3.8, 4) is 5.69 Å². The highest BCUT2D eigenvalue weighted by molar-refractivity contribution is 6.30. The van der Waals surface area contributed by atoms with Gasteiger partial charge in [-0.15, -0.1) is 0 Å². The molecule has 4 rings (SSSR count). The standard InChI is InChI=1S/C27H28ClN5O6/c28-20-6-9-23(29-18-20)33(12-11-31-13-15-39-16-14-31)27(38)22(17-25(35)36)30-26(37)19-4-7-21(8-5-19)32-10-2-1-3-24(32)34/h1-10,18,22H,11-17H2,(H,30,37)(H,35,36)/t22-/m0/s1. The van der Waals surface area contributed by atoms with Gasteiger partial charge in [0.05, 0.1) is 24.7 Å². The monoisotopic (exact) mass is 553 g/mol. The number of nitrogens with one attached hydrogen (secondary N) is 1. The molecule has 1 atom stereocenters. The first-order valence-electron chi connectivity index (χ1n) is 12.4. The number of halogens is 1. The zero-order valence-corrected chi connectivity index (χ0v) is 21.8. The van der Waals surface area contributed by atoms with Crippen LogP contribution in [0.3, 0.4) is 0 Å². The molecule has 12 heteroatoms. The molecule has 0 spiro atoms. The Hall–Kier alpha value is -4.06. The van der Waals surface area contributed by atoms with Crippen molar-refractivity contribution in [1.82, 2.24) is 19.8 Å². The first kappa shape index (κ1) is 28.0. The Balaban J connectivity index is 1.53. The number of hydrogen-bond acceptors (Lipinski definition) is 7. The number of pyridine rings is 2. The Morgan fingerprint density at radius 2 is 1.82 bits per heavy atom. The Morgan fingerprint density at radius 3 is 2.46 bits per heavy atom. The predicted octanol–water partition coefficient (Wildman–Crippen LogP) is 1.82. The fourth-order valence-corrected chi connectivity index (χ4v) is 4.26. The molecular formula is C27H28ClN5O6. The summed E-state index contributed by atoms with van der Waals surface area (Å²) < 4.78 is 6.80. The van der Waals surface area contributed by atoms with Crippen molar-refractivity contribution < 1.29 is 24.2 Å². The molecule has 39 heavy (non-hydrogen) atoms. The van der Waals surface area contributed by atoms with Gasteiger partial charge in [0.15, 0.2) is 0 Å². The van der Waals surface area contributed by atoms with Crippen molar-refractivity contribution in [1.29, 1.82) is 0 Å². The van der Waals surface area contributed by atoms with E-state index in [-0.39, 0.29) is 17.7 Å². The lowest BCUT2D eigenvalue weighted by molar-refractivity contribution is -0.139. The quantitative estimate of drug-likeness (QED) is 0.388. The van der Waals surface area contributed by atoms with Crippen LogP contribution in [-0.4, -0.2) is 82.8 Å². The van der Waals surface area contributed by atoms with Crippen LogP contribution in [0.5, 0.6) is 0 Å². The third-order valence-electron chi connectivity index (χ3n) is 6.21. The number of amides is 2. The summed E-state index contributed by atoms with van der Waals surface area (Å²) in [5, 5.41) is 12.5. The zero-order chi connectivity index (χ0) is 27.8. The molecule has 204 valence electrons. The molecule has 0 bridgehead atoms. The number of aliphatic carboxylic acids is 1. The molecule has 2 amide bonds. The maximum Gasteiger partial charge on any atom is 0.305 e. The molecule has 2 aromatic heterocycles. The Morgan fingerprint density at radius 1 is 1.08 bits per heavy atom. The molecule has 3 aromatic rings. The first-order valence-corrected chi connectivity index (χ1v) is 12.7. The lowest BCUT2D eigenvalue weighted by Crippen LogP contribution is -2.52. The molecule has 1 aliphatic rings. The summed E-state index contributed by atoms with van der Waals surface area (Å²) in [6, 6.07) is 12.8. The molecule has 1 fully saturated rings. The predicted molar refractivity (Wildman–Crippen MR) is 144 cm³/mol.